The Balaban J connectivity index is 1.64. The van der Waals surface area contributed by atoms with Crippen LogP contribution in [0, 0.1) is 0 Å². The zero-order chi connectivity index (χ0) is 16.8. The van der Waals surface area contributed by atoms with Crippen LogP contribution in [-0.2, 0) is 6.42 Å². The average molecular weight is 319 g/mol. The molecule has 3 rings (SSSR count). The Morgan fingerprint density at radius 1 is 0.750 bits per heavy atom. The molecular formula is C21H21NO2. The van der Waals surface area contributed by atoms with E-state index in [4.69, 9.17) is 10.5 Å². The standard InChI is InChI=1S/C21H21NO2/c22-21(20(23)15-16-7-3-1-4-8-16)17-11-13-19(14-12-17)24-18-9-5-2-6-10-18/h1-14,20-21,23H,15,22H2/t20-,21+/m0/s1. The molecule has 0 amide bonds. The van der Waals surface area contributed by atoms with Crippen molar-refractivity contribution in [2.24, 2.45) is 5.73 Å². The zero-order valence-electron chi connectivity index (χ0n) is 13.4. The van der Waals surface area contributed by atoms with Crippen molar-refractivity contribution >= 4 is 0 Å². The van der Waals surface area contributed by atoms with Crippen molar-refractivity contribution in [3.8, 4) is 11.5 Å². The highest BCUT2D eigenvalue weighted by Gasteiger charge is 2.17. The molecule has 0 radical (unpaired) electrons. The Morgan fingerprint density at radius 3 is 1.92 bits per heavy atom. The monoisotopic (exact) mass is 319 g/mol. The number of aliphatic hydroxyl groups excluding tert-OH is 1. The molecule has 0 aliphatic heterocycles. The summed E-state index contributed by atoms with van der Waals surface area (Å²) in [6.45, 7) is 0. The third-order valence-corrected chi connectivity index (χ3v) is 3.95. The quantitative estimate of drug-likeness (QED) is 0.720. The van der Waals surface area contributed by atoms with Crippen molar-refractivity contribution in [3.63, 3.8) is 0 Å². The fourth-order valence-corrected chi connectivity index (χ4v) is 2.59. The molecule has 0 aliphatic rings. The Bertz CT molecular complexity index is 742. The summed E-state index contributed by atoms with van der Waals surface area (Å²) in [5.74, 6) is 1.54. The molecule has 0 spiro atoms. The van der Waals surface area contributed by atoms with Gasteiger partial charge in [-0.1, -0.05) is 60.7 Å². The number of hydrogen-bond acceptors (Lipinski definition) is 3. The molecular weight excluding hydrogens is 298 g/mol. The first-order valence-corrected chi connectivity index (χ1v) is 8.03. The molecule has 3 heteroatoms. The van der Waals surface area contributed by atoms with Gasteiger partial charge in [0.2, 0.25) is 0 Å². The number of benzene rings is 3. The summed E-state index contributed by atoms with van der Waals surface area (Å²) in [5.41, 5.74) is 8.16. The maximum Gasteiger partial charge on any atom is 0.127 e. The Kier molecular flexibility index (Phi) is 5.26. The third kappa shape index (κ3) is 4.22. The maximum atomic E-state index is 10.4. The second kappa shape index (κ2) is 7.77. The van der Waals surface area contributed by atoms with Gasteiger partial charge in [0.05, 0.1) is 12.1 Å². The van der Waals surface area contributed by atoms with Crippen molar-refractivity contribution in [1.82, 2.24) is 0 Å². The van der Waals surface area contributed by atoms with E-state index >= 15 is 0 Å². The van der Waals surface area contributed by atoms with E-state index in [1.54, 1.807) is 0 Å². The van der Waals surface area contributed by atoms with Crippen molar-refractivity contribution in [2.45, 2.75) is 18.6 Å². The Hall–Kier alpha value is -2.62. The molecule has 0 heterocycles. The van der Waals surface area contributed by atoms with E-state index in [1.807, 2.05) is 84.9 Å². The van der Waals surface area contributed by atoms with E-state index in [2.05, 4.69) is 0 Å². The van der Waals surface area contributed by atoms with Gasteiger partial charge in [-0.2, -0.15) is 0 Å². The van der Waals surface area contributed by atoms with Crippen LogP contribution in [-0.4, -0.2) is 11.2 Å². The van der Waals surface area contributed by atoms with Gasteiger partial charge in [-0.15, -0.1) is 0 Å². The molecule has 0 fully saturated rings. The highest BCUT2D eigenvalue weighted by Crippen LogP contribution is 2.24. The minimum atomic E-state index is -0.631. The van der Waals surface area contributed by atoms with E-state index < -0.39 is 12.1 Å². The van der Waals surface area contributed by atoms with Crippen molar-refractivity contribution in [1.29, 1.82) is 0 Å². The van der Waals surface area contributed by atoms with Gasteiger partial charge in [-0.25, -0.2) is 0 Å². The minimum absolute atomic E-state index is 0.434. The molecule has 0 bridgehead atoms. The van der Waals surface area contributed by atoms with E-state index in [0.717, 1.165) is 22.6 Å². The number of hydrogen-bond donors (Lipinski definition) is 2. The second-order valence-electron chi connectivity index (χ2n) is 5.77. The molecule has 0 aromatic heterocycles. The molecule has 24 heavy (non-hydrogen) atoms. The van der Waals surface area contributed by atoms with Crippen LogP contribution in [0.4, 0.5) is 0 Å². The van der Waals surface area contributed by atoms with Crippen molar-refractivity contribution in [2.75, 3.05) is 0 Å². The van der Waals surface area contributed by atoms with Gasteiger partial charge in [0.25, 0.3) is 0 Å². The predicted molar refractivity (Wildman–Crippen MR) is 96.0 cm³/mol. The highest BCUT2D eigenvalue weighted by molar-refractivity contribution is 5.34. The number of nitrogens with two attached hydrogens (primary N) is 1. The van der Waals surface area contributed by atoms with E-state index in [1.165, 1.54) is 0 Å². The molecule has 3 aromatic carbocycles. The summed E-state index contributed by atoms with van der Waals surface area (Å²) in [6, 6.07) is 26.6. The molecule has 2 atom stereocenters. The SMILES string of the molecule is N[C@H](c1ccc(Oc2ccccc2)cc1)[C@@H](O)Cc1ccccc1. The molecule has 0 aliphatic carbocycles. The number of para-hydroxylation sites is 1. The van der Waals surface area contributed by atoms with Crippen LogP contribution in [0.5, 0.6) is 11.5 Å². The zero-order valence-corrected chi connectivity index (χ0v) is 13.4. The average Bonchev–Trinajstić information content (AvgIpc) is 2.63. The first-order valence-electron chi connectivity index (χ1n) is 8.03. The topological polar surface area (TPSA) is 55.5 Å². The van der Waals surface area contributed by atoms with Gasteiger partial charge in [-0.3, -0.25) is 0 Å². The minimum Gasteiger partial charge on any atom is -0.457 e. The van der Waals surface area contributed by atoms with Crippen LogP contribution in [0.3, 0.4) is 0 Å². The van der Waals surface area contributed by atoms with Crippen molar-refractivity contribution in [3.05, 3.63) is 96.1 Å². The fourth-order valence-electron chi connectivity index (χ4n) is 2.59. The normalized spacial score (nSPS) is 13.2. The van der Waals surface area contributed by atoms with Crippen LogP contribution in [0.25, 0.3) is 0 Å². The van der Waals surface area contributed by atoms with Gasteiger partial charge in [0.15, 0.2) is 0 Å². The van der Waals surface area contributed by atoms with Gasteiger partial charge in [0.1, 0.15) is 11.5 Å². The molecule has 0 saturated carbocycles. The fraction of sp³-hybridized carbons (Fsp3) is 0.143. The first kappa shape index (κ1) is 16.2. The largest absolute Gasteiger partial charge is 0.457 e. The number of aliphatic hydroxyl groups is 1. The first-order chi connectivity index (χ1) is 11.7. The summed E-state index contributed by atoms with van der Waals surface area (Å²) in [5, 5.41) is 10.4. The smallest absolute Gasteiger partial charge is 0.127 e. The lowest BCUT2D eigenvalue weighted by atomic mass is 9.97. The van der Waals surface area contributed by atoms with Gasteiger partial charge >= 0.3 is 0 Å². The van der Waals surface area contributed by atoms with E-state index in [0.29, 0.717) is 6.42 Å². The van der Waals surface area contributed by atoms with Gasteiger partial charge < -0.3 is 15.6 Å². The van der Waals surface area contributed by atoms with Crippen LogP contribution in [0.15, 0.2) is 84.9 Å². The van der Waals surface area contributed by atoms with Crippen LogP contribution in [0.1, 0.15) is 17.2 Å². The summed E-state index contributed by atoms with van der Waals surface area (Å²) in [4.78, 5) is 0. The third-order valence-electron chi connectivity index (χ3n) is 3.95. The predicted octanol–water partition coefficient (Wildman–Crippen LogP) is 4.08. The van der Waals surface area contributed by atoms with Crippen LogP contribution >= 0.6 is 0 Å². The molecule has 3 N–H and O–H groups in total. The van der Waals surface area contributed by atoms with E-state index in [-0.39, 0.29) is 0 Å². The maximum absolute atomic E-state index is 10.4. The lowest BCUT2D eigenvalue weighted by molar-refractivity contribution is 0.145. The van der Waals surface area contributed by atoms with Crippen LogP contribution in [0.2, 0.25) is 0 Å². The molecule has 122 valence electrons. The summed E-state index contributed by atoms with van der Waals surface area (Å²) in [7, 11) is 0. The van der Waals surface area contributed by atoms with E-state index in [9.17, 15) is 5.11 Å². The van der Waals surface area contributed by atoms with Crippen molar-refractivity contribution < 1.29 is 9.84 Å². The highest BCUT2D eigenvalue weighted by atomic mass is 16.5. The summed E-state index contributed by atoms with van der Waals surface area (Å²) in [6.07, 6.45) is -0.0992. The molecule has 0 unspecified atom stereocenters. The Labute approximate surface area is 142 Å². The Morgan fingerprint density at radius 2 is 1.29 bits per heavy atom. The summed E-state index contributed by atoms with van der Waals surface area (Å²) < 4.78 is 5.77. The van der Waals surface area contributed by atoms with Gasteiger partial charge in [0, 0.05) is 6.42 Å². The molecule has 3 aromatic rings. The lowest BCUT2D eigenvalue weighted by Gasteiger charge is -2.19. The van der Waals surface area contributed by atoms with Gasteiger partial charge in [-0.05, 0) is 35.4 Å². The molecule has 0 saturated heterocycles. The summed E-state index contributed by atoms with van der Waals surface area (Å²) >= 11 is 0. The van der Waals surface area contributed by atoms with Crippen LogP contribution < -0.4 is 10.5 Å². The molecule has 3 nitrogen and oxygen atoms in total. The number of ether oxygens (including phenoxy) is 1. The lowest BCUT2D eigenvalue weighted by Crippen LogP contribution is -2.28. The second-order valence-corrected chi connectivity index (χ2v) is 5.77. The number of rotatable bonds is 6.